The molecular formula is C29H21ClN2O5. The van der Waals surface area contributed by atoms with Crippen molar-refractivity contribution in [2.75, 3.05) is 4.90 Å². The number of carbonyl (C=O) groups is 1. The van der Waals surface area contributed by atoms with Gasteiger partial charge in [0, 0.05) is 11.1 Å². The van der Waals surface area contributed by atoms with E-state index in [1.54, 1.807) is 37.3 Å². The zero-order valence-electron chi connectivity index (χ0n) is 20.0. The molecule has 184 valence electrons. The number of aromatic nitrogens is 1. The summed E-state index contributed by atoms with van der Waals surface area (Å²) < 4.78 is 17.3. The molecule has 7 nitrogen and oxygen atoms in total. The Labute approximate surface area is 216 Å². The summed E-state index contributed by atoms with van der Waals surface area (Å²) >= 11 is 5.98. The first-order valence-electron chi connectivity index (χ1n) is 11.7. The Morgan fingerprint density at radius 2 is 1.81 bits per heavy atom. The van der Waals surface area contributed by atoms with Gasteiger partial charge in [-0.25, -0.2) is 0 Å². The van der Waals surface area contributed by atoms with Crippen LogP contribution >= 0.6 is 11.6 Å². The predicted octanol–water partition coefficient (Wildman–Crippen LogP) is 6.38. The second kappa shape index (κ2) is 8.94. The van der Waals surface area contributed by atoms with Crippen LogP contribution in [0, 0.1) is 13.8 Å². The molecule has 0 radical (unpaired) electrons. The standard InChI is InChI=1S/C29H21ClN2O5/c1-16-6-11-23-22(12-16)27(33)25-26(32(29(34)28(25)36-23)24-13-17(2)37-31-24)19-4-3-5-21(14-19)35-15-18-7-9-20(30)10-8-18/h3-14,26H,15H2,1-2H3/t26-/m0/s1. The van der Waals surface area contributed by atoms with Crippen LogP contribution in [0.5, 0.6) is 5.75 Å². The van der Waals surface area contributed by atoms with Crippen molar-refractivity contribution in [3.05, 3.63) is 122 Å². The molecular weight excluding hydrogens is 492 g/mol. The molecule has 0 aliphatic carbocycles. The highest BCUT2D eigenvalue weighted by molar-refractivity contribution is 6.30. The molecule has 0 unspecified atom stereocenters. The molecule has 3 heterocycles. The van der Waals surface area contributed by atoms with E-state index in [2.05, 4.69) is 5.16 Å². The number of carbonyl (C=O) groups excluding carboxylic acids is 1. The van der Waals surface area contributed by atoms with Gasteiger partial charge in [-0.3, -0.25) is 14.5 Å². The summed E-state index contributed by atoms with van der Waals surface area (Å²) in [4.78, 5) is 28.9. The number of ether oxygens (including phenoxy) is 1. The zero-order chi connectivity index (χ0) is 25.7. The summed E-state index contributed by atoms with van der Waals surface area (Å²) in [7, 11) is 0. The largest absolute Gasteiger partial charge is 0.489 e. The summed E-state index contributed by atoms with van der Waals surface area (Å²) in [6.07, 6.45) is 0. The maximum Gasteiger partial charge on any atom is 0.296 e. The molecule has 0 N–H and O–H groups in total. The Bertz CT molecular complexity index is 1720. The minimum Gasteiger partial charge on any atom is -0.489 e. The minimum absolute atomic E-state index is 0.000471. The molecule has 1 amide bonds. The lowest BCUT2D eigenvalue weighted by molar-refractivity contribution is 0.0969. The maximum absolute atomic E-state index is 13.8. The van der Waals surface area contributed by atoms with Crippen LogP contribution in [-0.4, -0.2) is 11.1 Å². The van der Waals surface area contributed by atoms with Gasteiger partial charge in [-0.05, 0) is 61.4 Å². The molecule has 6 rings (SSSR count). The lowest BCUT2D eigenvalue weighted by Crippen LogP contribution is -2.29. The Balaban J connectivity index is 1.47. The highest BCUT2D eigenvalue weighted by Gasteiger charge is 2.45. The lowest BCUT2D eigenvalue weighted by atomic mass is 9.98. The van der Waals surface area contributed by atoms with Crippen LogP contribution < -0.4 is 15.1 Å². The van der Waals surface area contributed by atoms with Crippen LogP contribution in [-0.2, 0) is 6.61 Å². The van der Waals surface area contributed by atoms with E-state index in [1.165, 1.54) is 4.90 Å². The monoisotopic (exact) mass is 512 g/mol. The van der Waals surface area contributed by atoms with Gasteiger partial charge in [-0.15, -0.1) is 0 Å². The fourth-order valence-corrected chi connectivity index (χ4v) is 4.75. The van der Waals surface area contributed by atoms with E-state index in [1.807, 2.05) is 49.4 Å². The molecule has 2 aromatic heterocycles. The number of halogens is 1. The second-order valence-electron chi connectivity index (χ2n) is 9.03. The van der Waals surface area contributed by atoms with Gasteiger partial charge >= 0.3 is 0 Å². The highest BCUT2D eigenvalue weighted by Crippen LogP contribution is 2.41. The van der Waals surface area contributed by atoms with Crippen LogP contribution in [0.15, 0.2) is 86.5 Å². The molecule has 0 saturated heterocycles. The molecule has 1 aliphatic heterocycles. The third-order valence-electron chi connectivity index (χ3n) is 6.38. The Morgan fingerprint density at radius 1 is 1.00 bits per heavy atom. The van der Waals surface area contributed by atoms with Crippen LogP contribution in [0.25, 0.3) is 11.0 Å². The van der Waals surface area contributed by atoms with Gasteiger partial charge in [0.15, 0.2) is 11.2 Å². The van der Waals surface area contributed by atoms with Crippen LogP contribution in [0.3, 0.4) is 0 Å². The zero-order valence-corrected chi connectivity index (χ0v) is 20.8. The molecule has 5 aromatic rings. The highest BCUT2D eigenvalue weighted by atomic mass is 35.5. The molecule has 37 heavy (non-hydrogen) atoms. The van der Waals surface area contributed by atoms with E-state index < -0.39 is 11.9 Å². The Morgan fingerprint density at radius 3 is 2.57 bits per heavy atom. The Kier molecular flexibility index (Phi) is 5.57. The van der Waals surface area contributed by atoms with Crippen molar-refractivity contribution in [2.45, 2.75) is 26.5 Å². The van der Waals surface area contributed by atoms with E-state index in [0.29, 0.717) is 45.5 Å². The Hall–Kier alpha value is -4.36. The van der Waals surface area contributed by atoms with E-state index >= 15 is 0 Å². The van der Waals surface area contributed by atoms with Crippen LogP contribution in [0.1, 0.15) is 44.6 Å². The van der Waals surface area contributed by atoms with Crippen molar-refractivity contribution in [3.63, 3.8) is 0 Å². The van der Waals surface area contributed by atoms with Gasteiger partial charge in [-0.2, -0.15) is 0 Å². The molecule has 3 aromatic carbocycles. The van der Waals surface area contributed by atoms with Gasteiger partial charge < -0.3 is 13.7 Å². The summed E-state index contributed by atoms with van der Waals surface area (Å²) in [6.45, 7) is 3.98. The first-order chi connectivity index (χ1) is 17.9. The van der Waals surface area contributed by atoms with Gasteiger partial charge in [0.25, 0.3) is 5.91 Å². The van der Waals surface area contributed by atoms with E-state index in [0.717, 1.165) is 11.1 Å². The van der Waals surface area contributed by atoms with Crippen molar-refractivity contribution < 1.29 is 18.5 Å². The van der Waals surface area contributed by atoms with Crippen LogP contribution in [0.4, 0.5) is 5.82 Å². The fraction of sp³-hybridized carbons (Fsp3) is 0.138. The normalized spacial score (nSPS) is 14.8. The smallest absolute Gasteiger partial charge is 0.296 e. The van der Waals surface area contributed by atoms with Gasteiger partial charge in [0.05, 0.1) is 17.0 Å². The van der Waals surface area contributed by atoms with Crippen molar-refractivity contribution in [1.82, 2.24) is 5.16 Å². The predicted molar refractivity (Wildman–Crippen MR) is 139 cm³/mol. The molecule has 0 saturated carbocycles. The number of rotatable bonds is 5. The number of fused-ring (bicyclic) bond motifs is 2. The van der Waals surface area contributed by atoms with E-state index in [9.17, 15) is 9.59 Å². The summed E-state index contributed by atoms with van der Waals surface area (Å²) in [5, 5.41) is 5.14. The quantitative estimate of drug-likeness (QED) is 0.271. The first kappa shape index (κ1) is 23.1. The van der Waals surface area contributed by atoms with Gasteiger partial charge in [-0.1, -0.05) is 52.7 Å². The van der Waals surface area contributed by atoms with Crippen molar-refractivity contribution in [2.24, 2.45) is 0 Å². The average Bonchev–Trinajstić information content (AvgIpc) is 3.45. The molecule has 1 aliphatic rings. The second-order valence-corrected chi connectivity index (χ2v) is 9.47. The molecule has 0 spiro atoms. The SMILES string of the molecule is Cc1ccc2oc3c(c(=O)c2c1)[C@H](c1cccc(OCc2ccc(Cl)cc2)c1)N(c1cc(C)on1)C3=O. The first-order valence-corrected chi connectivity index (χ1v) is 12.1. The fourth-order valence-electron chi connectivity index (χ4n) is 4.63. The number of nitrogens with zero attached hydrogens (tertiary/aromatic N) is 2. The molecule has 1 atom stereocenters. The topological polar surface area (TPSA) is 85.8 Å². The maximum atomic E-state index is 13.8. The number of amides is 1. The van der Waals surface area contributed by atoms with Gasteiger partial charge in [0.1, 0.15) is 23.7 Å². The molecule has 0 bridgehead atoms. The van der Waals surface area contributed by atoms with E-state index in [4.69, 9.17) is 25.3 Å². The van der Waals surface area contributed by atoms with Crippen molar-refractivity contribution in [3.8, 4) is 5.75 Å². The number of benzene rings is 3. The minimum atomic E-state index is -0.771. The molecule has 8 heteroatoms. The summed E-state index contributed by atoms with van der Waals surface area (Å²) in [6, 6.07) is 20.9. The summed E-state index contributed by atoms with van der Waals surface area (Å²) in [5.41, 5.74) is 2.92. The van der Waals surface area contributed by atoms with E-state index in [-0.39, 0.29) is 16.8 Å². The number of anilines is 1. The summed E-state index contributed by atoms with van der Waals surface area (Å²) in [5.74, 6) is 0.967. The van der Waals surface area contributed by atoms with Crippen molar-refractivity contribution in [1.29, 1.82) is 0 Å². The molecule has 0 fully saturated rings. The average molecular weight is 513 g/mol. The third-order valence-corrected chi connectivity index (χ3v) is 6.63. The third kappa shape index (κ3) is 4.07. The number of hydrogen-bond acceptors (Lipinski definition) is 6. The lowest BCUT2D eigenvalue weighted by Gasteiger charge is -2.23. The van der Waals surface area contributed by atoms with Crippen LogP contribution in [0.2, 0.25) is 5.02 Å². The van der Waals surface area contributed by atoms with Crippen molar-refractivity contribution >= 4 is 34.3 Å². The number of aryl methyl sites for hydroxylation is 2. The number of hydrogen-bond donors (Lipinski definition) is 0. The van der Waals surface area contributed by atoms with Gasteiger partial charge in [0.2, 0.25) is 5.76 Å².